The van der Waals surface area contributed by atoms with Crippen molar-refractivity contribution < 1.29 is 9.90 Å². The topological polar surface area (TPSA) is 67.5 Å². The number of carboxylic acids is 1. The fraction of sp³-hybridized carbons (Fsp3) is 0.250. The SMILES string of the molecule is Cc1sc2c(c1C)C(c1ccc(Cl)cc1)=N[C@@H](CC(=O)O)c1ncc(C)n1-2. The highest BCUT2D eigenvalue weighted by Gasteiger charge is 2.31. The van der Waals surface area contributed by atoms with Gasteiger partial charge in [0.1, 0.15) is 16.9 Å². The fourth-order valence-electron chi connectivity index (χ4n) is 3.41. The number of benzene rings is 1. The average Bonchev–Trinajstić information content (AvgIpc) is 3.08. The summed E-state index contributed by atoms with van der Waals surface area (Å²) in [4.78, 5) is 22.1. The van der Waals surface area contributed by atoms with Crippen LogP contribution >= 0.6 is 22.9 Å². The Bertz CT molecular complexity index is 1080. The average molecular weight is 400 g/mol. The lowest BCUT2D eigenvalue weighted by molar-refractivity contribution is -0.137. The standard InChI is InChI=1S/C20H18ClN3O2S/c1-10-9-22-19-15(8-16(25)26)23-18(13-4-6-14(21)7-5-13)17-11(2)12(3)27-20(17)24(10)19/h4-7,9,15H,8H2,1-3H3,(H,25,26)/t15-/m0/s1. The first-order valence-corrected chi connectivity index (χ1v) is 9.76. The predicted molar refractivity (Wildman–Crippen MR) is 108 cm³/mol. The van der Waals surface area contributed by atoms with Crippen molar-refractivity contribution in [2.45, 2.75) is 33.2 Å². The molecular formula is C20H18ClN3O2S. The van der Waals surface area contributed by atoms with Crippen LogP contribution in [0, 0.1) is 20.8 Å². The molecule has 0 unspecified atom stereocenters. The molecule has 0 bridgehead atoms. The molecular weight excluding hydrogens is 382 g/mol. The molecule has 3 aromatic rings. The van der Waals surface area contributed by atoms with Crippen LogP contribution in [0.3, 0.4) is 0 Å². The number of fused-ring (bicyclic) bond motifs is 3. The Morgan fingerprint density at radius 3 is 2.63 bits per heavy atom. The lowest BCUT2D eigenvalue weighted by Gasteiger charge is -2.11. The van der Waals surface area contributed by atoms with E-state index in [1.807, 2.05) is 31.2 Å². The summed E-state index contributed by atoms with van der Waals surface area (Å²) in [5.41, 5.74) is 4.87. The van der Waals surface area contributed by atoms with Crippen LogP contribution in [-0.2, 0) is 4.79 Å². The maximum Gasteiger partial charge on any atom is 0.306 e. The minimum atomic E-state index is -0.899. The number of aromatic nitrogens is 2. The van der Waals surface area contributed by atoms with Gasteiger partial charge in [0, 0.05) is 32.9 Å². The van der Waals surface area contributed by atoms with Gasteiger partial charge in [-0.05, 0) is 38.5 Å². The Kier molecular flexibility index (Phi) is 4.40. The number of thiophene rings is 1. The third-order valence-electron chi connectivity index (χ3n) is 4.84. The number of aliphatic carboxylic acids is 1. The van der Waals surface area contributed by atoms with Crippen molar-refractivity contribution in [1.82, 2.24) is 9.55 Å². The van der Waals surface area contributed by atoms with Gasteiger partial charge in [0.2, 0.25) is 0 Å². The molecule has 0 fully saturated rings. The van der Waals surface area contributed by atoms with Crippen molar-refractivity contribution in [3.8, 4) is 5.00 Å². The molecule has 0 aliphatic carbocycles. The Morgan fingerprint density at radius 2 is 1.96 bits per heavy atom. The molecule has 3 heterocycles. The van der Waals surface area contributed by atoms with Crippen LogP contribution in [0.4, 0.5) is 0 Å². The van der Waals surface area contributed by atoms with E-state index in [0.29, 0.717) is 10.8 Å². The summed E-state index contributed by atoms with van der Waals surface area (Å²) >= 11 is 7.75. The summed E-state index contributed by atoms with van der Waals surface area (Å²) in [7, 11) is 0. The Hall–Kier alpha value is -2.44. The molecule has 7 heteroatoms. The number of hydrogen-bond donors (Lipinski definition) is 1. The Labute approximate surface area is 166 Å². The quantitative estimate of drug-likeness (QED) is 0.682. The van der Waals surface area contributed by atoms with E-state index in [1.165, 1.54) is 4.88 Å². The molecule has 2 aromatic heterocycles. The molecule has 1 aromatic carbocycles. The second-order valence-electron chi connectivity index (χ2n) is 6.65. The summed E-state index contributed by atoms with van der Waals surface area (Å²) in [6.07, 6.45) is 1.67. The van der Waals surface area contributed by atoms with E-state index >= 15 is 0 Å². The molecule has 1 aliphatic heterocycles. The zero-order valence-electron chi connectivity index (χ0n) is 15.2. The second-order valence-corrected chi connectivity index (χ2v) is 8.29. The second kappa shape index (κ2) is 6.62. The number of rotatable bonds is 3. The van der Waals surface area contributed by atoms with E-state index in [9.17, 15) is 9.90 Å². The van der Waals surface area contributed by atoms with Gasteiger partial charge in [-0.15, -0.1) is 11.3 Å². The van der Waals surface area contributed by atoms with Crippen molar-refractivity contribution in [3.63, 3.8) is 0 Å². The third kappa shape index (κ3) is 2.99. The summed E-state index contributed by atoms with van der Waals surface area (Å²) in [5, 5.41) is 11.1. The first-order valence-electron chi connectivity index (χ1n) is 8.57. The van der Waals surface area contributed by atoms with Gasteiger partial charge in [-0.1, -0.05) is 23.7 Å². The zero-order chi connectivity index (χ0) is 19.3. The van der Waals surface area contributed by atoms with Crippen LogP contribution in [0.1, 0.15) is 45.5 Å². The molecule has 0 amide bonds. The summed E-state index contributed by atoms with van der Waals surface area (Å²) in [6, 6.07) is 6.95. The van der Waals surface area contributed by atoms with Gasteiger partial charge < -0.3 is 5.11 Å². The number of imidazole rings is 1. The van der Waals surface area contributed by atoms with Gasteiger partial charge >= 0.3 is 5.97 Å². The zero-order valence-corrected chi connectivity index (χ0v) is 16.7. The van der Waals surface area contributed by atoms with Gasteiger partial charge in [0.05, 0.1) is 12.1 Å². The molecule has 0 radical (unpaired) electrons. The van der Waals surface area contributed by atoms with Crippen LogP contribution in [0.25, 0.3) is 5.00 Å². The summed E-state index contributed by atoms with van der Waals surface area (Å²) in [5.74, 6) is -0.231. The normalized spacial score (nSPS) is 15.7. The van der Waals surface area contributed by atoms with Crippen LogP contribution < -0.4 is 0 Å². The van der Waals surface area contributed by atoms with Gasteiger partial charge in [0.15, 0.2) is 0 Å². The molecule has 1 N–H and O–H groups in total. The van der Waals surface area contributed by atoms with Crippen LogP contribution in [0.5, 0.6) is 0 Å². The third-order valence-corrected chi connectivity index (χ3v) is 6.29. The van der Waals surface area contributed by atoms with Crippen molar-refractivity contribution in [2.24, 2.45) is 4.99 Å². The molecule has 27 heavy (non-hydrogen) atoms. The highest BCUT2D eigenvalue weighted by atomic mass is 35.5. The van der Waals surface area contributed by atoms with E-state index in [1.54, 1.807) is 17.5 Å². The Balaban J connectivity index is 2.04. The van der Waals surface area contributed by atoms with Gasteiger partial charge in [-0.3, -0.25) is 14.4 Å². The summed E-state index contributed by atoms with van der Waals surface area (Å²) < 4.78 is 2.06. The fourth-order valence-corrected chi connectivity index (χ4v) is 4.76. The van der Waals surface area contributed by atoms with E-state index in [4.69, 9.17) is 16.6 Å². The van der Waals surface area contributed by atoms with Crippen molar-refractivity contribution >= 4 is 34.6 Å². The minimum Gasteiger partial charge on any atom is -0.481 e. The Morgan fingerprint density at radius 1 is 1.26 bits per heavy atom. The van der Waals surface area contributed by atoms with E-state index in [-0.39, 0.29) is 6.42 Å². The van der Waals surface area contributed by atoms with E-state index in [2.05, 4.69) is 23.4 Å². The van der Waals surface area contributed by atoms with Crippen LogP contribution in [0.2, 0.25) is 5.02 Å². The molecule has 0 saturated heterocycles. The maximum absolute atomic E-state index is 11.5. The molecule has 4 rings (SSSR count). The molecule has 1 aliphatic rings. The van der Waals surface area contributed by atoms with Crippen molar-refractivity contribution in [3.05, 3.63) is 68.6 Å². The van der Waals surface area contributed by atoms with Crippen LogP contribution in [-0.4, -0.2) is 26.3 Å². The molecule has 0 spiro atoms. The van der Waals surface area contributed by atoms with Crippen molar-refractivity contribution in [2.75, 3.05) is 0 Å². The number of hydrogen-bond acceptors (Lipinski definition) is 4. The lowest BCUT2D eigenvalue weighted by Crippen LogP contribution is -2.10. The maximum atomic E-state index is 11.5. The van der Waals surface area contributed by atoms with Gasteiger partial charge in [0.25, 0.3) is 0 Å². The van der Waals surface area contributed by atoms with E-state index in [0.717, 1.165) is 33.1 Å². The molecule has 138 valence electrons. The highest BCUT2D eigenvalue weighted by molar-refractivity contribution is 7.15. The monoisotopic (exact) mass is 399 g/mol. The number of aliphatic imine (C=N–C) groups is 1. The molecule has 1 atom stereocenters. The van der Waals surface area contributed by atoms with Gasteiger partial charge in [-0.25, -0.2) is 4.98 Å². The number of nitrogens with zero attached hydrogens (tertiary/aromatic N) is 3. The minimum absolute atomic E-state index is 0.111. The first kappa shape index (κ1) is 17.9. The number of carboxylic acid groups (broad SMARTS) is 1. The highest BCUT2D eigenvalue weighted by Crippen LogP contribution is 2.39. The van der Waals surface area contributed by atoms with Crippen molar-refractivity contribution in [1.29, 1.82) is 0 Å². The number of carbonyl (C=O) groups is 1. The number of aryl methyl sites for hydroxylation is 2. The van der Waals surface area contributed by atoms with Crippen LogP contribution in [0.15, 0.2) is 35.5 Å². The largest absolute Gasteiger partial charge is 0.481 e. The van der Waals surface area contributed by atoms with Gasteiger partial charge in [-0.2, -0.15) is 0 Å². The number of halogens is 1. The summed E-state index contributed by atoms with van der Waals surface area (Å²) in [6.45, 7) is 6.16. The lowest BCUT2D eigenvalue weighted by atomic mass is 9.99. The first-order chi connectivity index (χ1) is 12.9. The molecule has 5 nitrogen and oxygen atoms in total. The smallest absolute Gasteiger partial charge is 0.306 e. The van der Waals surface area contributed by atoms with E-state index < -0.39 is 12.0 Å². The molecule has 0 saturated carbocycles. The predicted octanol–water partition coefficient (Wildman–Crippen LogP) is 4.88.